The van der Waals surface area contributed by atoms with E-state index < -0.39 is 0 Å². The summed E-state index contributed by atoms with van der Waals surface area (Å²) in [4.78, 5) is 15.0. The maximum Gasteiger partial charge on any atom is 0.267 e. The van der Waals surface area contributed by atoms with Gasteiger partial charge in [0.05, 0.1) is 5.56 Å². The van der Waals surface area contributed by atoms with Gasteiger partial charge in [-0.05, 0) is 31.5 Å². The normalized spacial score (nSPS) is 12.6. The third kappa shape index (κ3) is 2.46. The number of carbonyl (C=O) groups excluding carboxylic acids is 1. The highest BCUT2D eigenvalue weighted by molar-refractivity contribution is 6.06. The molecule has 1 heterocycles. The van der Waals surface area contributed by atoms with Crippen LogP contribution in [0, 0.1) is 0 Å². The molecular weight excluding hydrogens is 230 g/mol. The Morgan fingerprint density at radius 3 is 3.00 bits per heavy atom. The number of hydrogen-bond donors (Lipinski definition) is 4. The summed E-state index contributed by atoms with van der Waals surface area (Å²) in [6.45, 7) is 4.02. The second kappa shape index (κ2) is 5.10. The molecule has 1 aromatic heterocycles. The molecule has 0 bridgehead atoms. The largest absolute Gasteiger partial charge is 0.508 e. The number of aromatic nitrogens is 1. The smallest absolute Gasteiger partial charge is 0.267 e. The number of carbonyl (C=O) groups is 1. The summed E-state index contributed by atoms with van der Waals surface area (Å²) in [5, 5.41) is 10.2. The van der Waals surface area contributed by atoms with Gasteiger partial charge >= 0.3 is 0 Å². The van der Waals surface area contributed by atoms with Crippen LogP contribution in [-0.4, -0.2) is 22.0 Å². The summed E-state index contributed by atoms with van der Waals surface area (Å²) in [5.41, 5.74) is 6.91. The summed E-state index contributed by atoms with van der Waals surface area (Å²) in [5.74, 6) is -0.0711. The first kappa shape index (κ1) is 12.4. The van der Waals surface area contributed by atoms with Gasteiger partial charge in [-0.2, -0.15) is 0 Å². The second-order valence-electron chi connectivity index (χ2n) is 4.34. The van der Waals surface area contributed by atoms with Gasteiger partial charge < -0.3 is 10.1 Å². The van der Waals surface area contributed by atoms with Crippen LogP contribution in [0.25, 0.3) is 10.9 Å². The van der Waals surface area contributed by atoms with Gasteiger partial charge in [0.25, 0.3) is 5.91 Å². The van der Waals surface area contributed by atoms with Gasteiger partial charge in [-0.15, -0.1) is 0 Å². The lowest BCUT2D eigenvalue weighted by Gasteiger charge is -2.11. The fraction of sp³-hybridized carbons (Fsp3) is 0.308. The fourth-order valence-corrected chi connectivity index (χ4v) is 1.65. The topological polar surface area (TPSA) is 77.1 Å². The number of hydrogen-bond acceptors (Lipinski definition) is 3. The summed E-state index contributed by atoms with van der Waals surface area (Å²) in [6.07, 6.45) is 2.56. The standard InChI is InChI=1S/C13H17N3O2/c1-3-8(2)15-16-13(18)11-7-14-12-5-4-9(17)6-10(11)12/h4-8,14-15,17H,3H2,1-2H3,(H,16,18). The SMILES string of the molecule is CCC(C)NNC(=O)c1c[nH]c2ccc(O)cc12. The van der Waals surface area contributed by atoms with Gasteiger partial charge in [0, 0.05) is 23.1 Å². The van der Waals surface area contributed by atoms with E-state index in [0.717, 1.165) is 11.9 Å². The monoisotopic (exact) mass is 247 g/mol. The van der Waals surface area contributed by atoms with Crippen molar-refractivity contribution in [3.63, 3.8) is 0 Å². The Hall–Kier alpha value is -2.01. The highest BCUT2D eigenvalue weighted by Crippen LogP contribution is 2.22. The van der Waals surface area contributed by atoms with Gasteiger partial charge in [0.1, 0.15) is 5.75 Å². The van der Waals surface area contributed by atoms with Gasteiger partial charge in [0.15, 0.2) is 0 Å². The third-order valence-corrected chi connectivity index (χ3v) is 2.95. The number of phenols is 1. The number of H-pyrrole nitrogens is 1. The fourth-order valence-electron chi connectivity index (χ4n) is 1.65. The molecule has 4 N–H and O–H groups in total. The molecule has 1 atom stereocenters. The van der Waals surface area contributed by atoms with Crippen LogP contribution in [0.3, 0.4) is 0 Å². The summed E-state index contributed by atoms with van der Waals surface area (Å²) in [7, 11) is 0. The van der Waals surface area contributed by atoms with Crippen molar-refractivity contribution < 1.29 is 9.90 Å². The molecule has 0 saturated heterocycles. The zero-order chi connectivity index (χ0) is 13.1. The Kier molecular flexibility index (Phi) is 3.53. The number of benzene rings is 1. The summed E-state index contributed by atoms with van der Waals surface area (Å²) >= 11 is 0. The number of rotatable bonds is 4. The van der Waals surface area contributed by atoms with Crippen molar-refractivity contribution in [3.05, 3.63) is 30.0 Å². The Morgan fingerprint density at radius 2 is 2.28 bits per heavy atom. The zero-order valence-corrected chi connectivity index (χ0v) is 10.4. The Balaban J connectivity index is 2.20. The third-order valence-electron chi connectivity index (χ3n) is 2.95. The predicted molar refractivity (Wildman–Crippen MR) is 70.3 cm³/mol. The van der Waals surface area contributed by atoms with Crippen molar-refractivity contribution in [2.45, 2.75) is 26.3 Å². The van der Waals surface area contributed by atoms with Crippen LogP contribution in [0.4, 0.5) is 0 Å². The number of fused-ring (bicyclic) bond motifs is 1. The van der Waals surface area contributed by atoms with Crippen molar-refractivity contribution in [2.24, 2.45) is 0 Å². The number of aromatic hydroxyl groups is 1. The van der Waals surface area contributed by atoms with E-state index in [2.05, 4.69) is 15.8 Å². The molecule has 96 valence electrons. The number of hydrazine groups is 1. The van der Waals surface area contributed by atoms with E-state index in [9.17, 15) is 9.90 Å². The van der Waals surface area contributed by atoms with Crippen molar-refractivity contribution >= 4 is 16.8 Å². The number of phenolic OH excluding ortho intramolecular Hbond substituents is 1. The van der Waals surface area contributed by atoms with E-state index >= 15 is 0 Å². The van der Waals surface area contributed by atoms with Crippen LogP contribution in [0.5, 0.6) is 5.75 Å². The van der Waals surface area contributed by atoms with Crippen LogP contribution < -0.4 is 10.9 Å². The lowest BCUT2D eigenvalue weighted by atomic mass is 10.1. The van der Waals surface area contributed by atoms with E-state index in [0.29, 0.717) is 10.9 Å². The molecule has 0 spiro atoms. The molecule has 0 saturated carbocycles. The Morgan fingerprint density at radius 1 is 1.50 bits per heavy atom. The lowest BCUT2D eigenvalue weighted by Crippen LogP contribution is -2.42. The van der Waals surface area contributed by atoms with Crippen LogP contribution in [0.1, 0.15) is 30.6 Å². The van der Waals surface area contributed by atoms with Crippen LogP contribution in [0.2, 0.25) is 0 Å². The minimum absolute atomic E-state index is 0.144. The van der Waals surface area contributed by atoms with Gasteiger partial charge in [0.2, 0.25) is 0 Å². The Bertz CT molecular complexity index is 562. The molecule has 0 aliphatic rings. The summed E-state index contributed by atoms with van der Waals surface area (Å²) in [6, 6.07) is 5.11. The van der Waals surface area contributed by atoms with E-state index in [-0.39, 0.29) is 17.7 Å². The molecule has 5 nitrogen and oxygen atoms in total. The van der Waals surface area contributed by atoms with Crippen molar-refractivity contribution in [1.82, 2.24) is 15.8 Å². The molecule has 0 fully saturated rings. The molecule has 5 heteroatoms. The van der Waals surface area contributed by atoms with Crippen LogP contribution in [-0.2, 0) is 0 Å². The second-order valence-corrected chi connectivity index (χ2v) is 4.34. The van der Waals surface area contributed by atoms with E-state index in [4.69, 9.17) is 0 Å². The molecule has 1 amide bonds. The van der Waals surface area contributed by atoms with Gasteiger partial charge in [-0.3, -0.25) is 10.2 Å². The minimum Gasteiger partial charge on any atom is -0.508 e. The summed E-state index contributed by atoms with van der Waals surface area (Å²) < 4.78 is 0. The first-order valence-electron chi connectivity index (χ1n) is 5.97. The molecule has 0 radical (unpaired) electrons. The highest BCUT2D eigenvalue weighted by atomic mass is 16.3. The number of amides is 1. The van der Waals surface area contributed by atoms with Crippen LogP contribution >= 0.6 is 0 Å². The maximum atomic E-state index is 12.0. The maximum absolute atomic E-state index is 12.0. The van der Waals surface area contributed by atoms with Crippen molar-refractivity contribution in [2.75, 3.05) is 0 Å². The lowest BCUT2D eigenvalue weighted by molar-refractivity contribution is 0.0927. The molecule has 0 aliphatic heterocycles. The first-order chi connectivity index (χ1) is 8.61. The molecule has 0 aliphatic carbocycles. The molecule has 1 aromatic carbocycles. The Labute approximate surface area is 105 Å². The molecular formula is C13H17N3O2. The van der Waals surface area contributed by atoms with Crippen molar-refractivity contribution in [1.29, 1.82) is 0 Å². The van der Waals surface area contributed by atoms with E-state index in [1.807, 2.05) is 13.8 Å². The van der Waals surface area contributed by atoms with Gasteiger partial charge in [-0.1, -0.05) is 6.92 Å². The van der Waals surface area contributed by atoms with Gasteiger partial charge in [-0.25, -0.2) is 5.43 Å². The quantitative estimate of drug-likeness (QED) is 0.623. The number of aromatic amines is 1. The molecule has 2 rings (SSSR count). The van der Waals surface area contributed by atoms with Crippen molar-refractivity contribution in [3.8, 4) is 5.75 Å². The molecule has 18 heavy (non-hydrogen) atoms. The highest BCUT2D eigenvalue weighted by Gasteiger charge is 2.12. The first-order valence-corrected chi connectivity index (χ1v) is 5.97. The van der Waals surface area contributed by atoms with Crippen LogP contribution in [0.15, 0.2) is 24.4 Å². The minimum atomic E-state index is -0.216. The average Bonchev–Trinajstić information content (AvgIpc) is 2.78. The number of nitrogens with one attached hydrogen (secondary N) is 3. The van der Waals surface area contributed by atoms with E-state index in [1.54, 1.807) is 24.4 Å². The predicted octanol–water partition coefficient (Wildman–Crippen LogP) is 1.91. The average molecular weight is 247 g/mol. The zero-order valence-electron chi connectivity index (χ0n) is 10.4. The van der Waals surface area contributed by atoms with E-state index in [1.165, 1.54) is 0 Å². The molecule has 2 aromatic rings. The molecule has 1 unspecified atom stereocenters.